The maximum Gasteiger partial charge on any atom is 0.248 e. The molecule has 6 rings (SSSR count). The van der Waals surface area contributed by atoms with E-state index in [1.54, 1.807) is 4.68 Å². The number of nitrogens with zero attached hydrogens (tertiary/aromatic N) is 6. The fourth-order valence-electron chi connectivity index (χ4n) is 5.54. The third kappa shape index (κ3) is 4.33. The van der Waals surface area contributed by atoms with Gasteiger partial charge in [-0.25, -0.2) is 0 Å². The van der Waals surface area contributed by atoms with Crippen LogP contribution in [-0.2, 0) is 25.7 Å². The van der Waals surface area contributed by atoms with Crippen molar-refractivity contribution in [1.82, 2.24) is 29.9 Å². The predicted octanol–water partition coefficient (Wildman–Crippen LogP) is 4.35. The molecular weight excluding hydrogens is 448 g/mol. The normalized spacial score (nSPS) is 17.0. The molecule has 3 N–H and O–H groups in total. The third-order valence-electron chi connectivity index (χ3n) is 7.56. The first-order chi connectivity index (χ1) is 17.5. The van der Waals surface area contributed by atoms with Crippen LogP contribution in [0.2, 0.25) is 0 Å². The first-order valence-electron chi connectivity index (χ1n) is 12.8. The number of nitrogens with one attached hydrogen (secondary N) is 1. The molecule has 0 aliphatic heterocycles. The molecule has 0 spiro atoms. The number of fused-ring (bicyclic) bond motifs is 4. The van der Waals surface area contributed by atoms with Gasteiger partial charge in [-0.05, 0) is 99.5 Å². The lowest BCUT2D eigenvalue weighted by Gasteiger charge is -2.21. The van der Waals surface area contributed by atoms with E-state index in [2.05, 4.69) is 87.1 Å². The van der Waals surface area contributed by atoms with Crippen LogP contribution in [0.5, 0.6) is 0 Å². The highest BCUT2D eigenvalue weighted by atomic mass is 15.4. The van der Waals surface area contributed by atoms with Gasteiger partial charge in [-0.3, -0.25) is 0 Å². The summed E-state index contributed by atoms with van der Waals surface area (Å²) in [5, 5.41) is 17.0. The van der Waals surface area contributed by atoms with Crippen LogP contribution in [0.25, 0.3) is 17.1 Å². The number of nitrogen functional groups attached to an aromatic ring is 1. The van der Waals surface area contributed by atoms with Gasteiger partial charge >= 0.3 is 0 Å². The fourth-order valence-corrected chi connectivity index (χ4v) is 5.54. The molecule has 8 nitrogen and oxygen atoms in total. The van der Waals surface area contributed by atoms with E-state index in [0.717, 1.165) is 54.6 Å². The quantitative estimate of drug-likeness (QED) is 0.419. The van der Waals surface area contributed by atoms with Crippen LogP contribution in [-0.4, -0.2) is 50.0 Å². The molecule has 0 fully saturated rings. The standard InChI is InChI=1S/C28H32N8/c1-35(2)23-14-11-18-10-13-22(16-20(18)12-15-23)30-28-31-27(29)36(34-28)25-17-21-8-5-7-19-6-3-4-9-24(19)26(21)33-32-25/h3-4,6,9-10,13,16-17,23H,5,7-8,11-12,14-15H2,1-2H3,(H3,29,30,31,34)/t23-/m0/s1. The fraction of sp³-hybridized carbons (Fsp3) is 0.357. The number of benzene rings is 2. The molecule has 0 bridgehead atoms. The predicted molar refractivity (Wildman–Crippen MR) is 143 cm³/mol. The van der Waals surface area contributed by atoms with Gasteiger partial charge in [-0.2, -0.15) is 9.67 Å². The Morgan fingerprint density at radius 1 is 0.889 bits per heavy atom. The van der Waals surface area contributed by atoms with Gasteiger partial charge in [0.25, 0.3) is 0 Å². The maximum atomic E-state index is 6.26. The summed E-state index contributed by atoms with van der Waals surface area (Å²) in [5.74, 6) is 1.32. The van der Waals surface area contributed by atoms with Gasteiger partial charge in [0.05, 0.1) is 5.69 Å². The maximum absolute atomic E-state index is 6.26. The SMILES string of the molecule is CN(C)[C@H]1CCc2ccc(Nc3nc(N)n(-c4cc5c(nn4)-c4ccccc4CCC5)n3)cc2CC1. The highest BCUT2D eigenvalue weighted by Gasteiger charge is 2.20. The summed E-state index contributed by atoms with van der Waals surface area (Å²) in [6, 6.07) is 17.7. The zero-order valence-electron chi connectivity index (χ0n) is 20.9. The van der Waals surface area contributed by atoms with E-state index >= 15 is 0 Å². The summed E-state index contributed by atoms with van der Waals surface area (Å²) >= 11 is 0. The lowest BCUT2D eigenvalue weighted by atomic mass is 10.0. The molecule has 2 aliphatic carbocycles. The molecule has 2 aliphatic rings. The van der Waals surface area contributed by atoms with Crippen molar-refractivity contribution in [2.75, 3.05) is 25.1 Å². The highest BCUT2D eigenvalue weighted by Crippen LogP contribution is 2.31. The molecule has 184 valence electrons. The smallest absolute Gasteiger partial charge is 0.248 e. The van der Waals surface area contributed by atoms with E-state index in [1.165, 1.54) is 29.5 Å². The van der Waals surface area contributed by atoms with Crippen molar-refractivity contribution in [2.45, 2.75) is 51.0 Å². The largest absolute Gasteiger partial charge is 0.368 e. The molecule has 0 unspecified atom stereocenters. The van der Waals surface area contributed by atoms with Gasteiger partial charge in [0, 0.05) is 17.3 Å². The molecule has 2 aromatic carbocycles. The second-order valence-corrected chi connectivity index (χ2v) is 10.1. The monoisotopic (exact) mass is 480 g/mol. The third-order valence-corrected chi connectivity index (χ3v) is 7.56. The van der Waals surface area contributed by atoms with Crippen molar-refractivity contribution in [3.05, 3.63) is 70.8 Å². The van der Waals surface area contributed by atoms with Crippen molar-refractivity contribution in [3.8, 4) is 17.1 Å². The Balaban J connectivity index is 1.25. The zero-order chi connectivity index (χ0) is 24.6. The molecule has 0 saturated carbocycles. The lowest BCUT2D eigenvalue weighted by Crippen LogP contribution is -2.27. The average Bonchev–Trinajstić information content (AvgIpc) is 3.03. The molecule has 1 atom stereocenters. The molecule has 36 heavy (non-hydrogen) atoms. The minimum atomic E-state index is 0.282. The van der Waals surface area contributed by atoms with Crippen LogP contribution < -0.4 is 11.1 Å². The van der Waals surface area contributed by atoms with Gasteiger partial charge in [-0.15, -0.1) is 15.3 Å². The van der Waals surface area contributed by atoms with Gasteiger partial charge in [0.2, 0.25) is 11.9 Å². The molecule has 4 aromatic rings. The Morgan fingerprint density at radius 2 is 1.69 bits per heavy atom. The summed E-state index contributed by atoms with van der Waals surface area (Å²) in [5.41, 5.74) is 14.7. The molecule has 2 heterocycles. The molecule has 0 amide bonds. The van der Waals surface area contributed by atoms with E-state index in [9.17, 15) is 0 Å². The van der Waals surface area contributed by atoms with Crippen LogP contribution in [0.4, 0.5) is 17.6 Å². The average molecular weight is 481 g/mol. The van der Waals surface area contributed by atoms with E-state index in [1.807, 2.05) is 6.07 Å². The Morgan fingerprint density at radius 3 is 2.56 bits per heavy atom. The molecule has 8 heteroatoms. The molecular formula is C28H32N8. The Labute approximate surface area is 211 Å². The highest BCUT2D eigenvalue weighted by molar-refractivity contribution is 5.68. The molecule has 0 saturated heterocycles. The minimum Gasteiger partial charge on any atom is -0.368 e. The Bertz CT molecular complexity index is 1410. The number of nitrogens with two attached hydrogens (primary N) is 1. The number of hydrogen-bond donors (Lipinski definition) is 2. The van der Waals surface area contributed by atoms with Crippen LogP contribution >= 0.6 is 0 Å². The van der Waals surface area contributed by atoms with Crippen molar-refractivity contribution >= 4 is 17.6 Å². The molecule has 0 radical (unpaired) electrons. The Hall–Kier alpha value is -3.78. The van der Waals surface area contributed by atoms with Crippen molar-refractivity contribution < 1.29 is 0 Å². The van der Waals surface area contributed by atoms with Crippen LogP contribution in [0.1, 0.15) is 41.5 Å². The number of aryl methyl sites for hydroxylation is 4. The summed E-state index contributed by atoms with van der Waals surface area (Å²) in [7, 11) is 4.35. The Kier molecular flexibility index (Phi) is 5.89. The second-order valence-electron chi connectivity index (χ2n) is 10.1. The zero-order valence-corrected chi connectivity index (χ0v) is 20.9. The summed E-state index contributed by atoms with van der Waals surface area (Å²) in [6.45, 7) is 0. The van der Waals surface area contributed by atoms with E-state index in [-0.39, 0.29) is 5.95 Å². The van der Waals surface area contributed by atoms with E-state index in [4.69, 9.17) is 5.73 Å². The van der Waals surface area contributed by atoms with Gasteiger partial charge in [0.15, 0.2) is 5.82 Å². The van der Waals surface area contributed by atoms with Crippen molar-refractivity contribution in [1.29, 1.82) is 0 Å². The topological polar surface area (TPSA) is 97.8 Å². The van der Waals surface area contributed by atoms with Gasteiger partial charge < -0.3 is 16.0 Å². The number of rotatable bonds is 4. The van der Waals surface area contributed by atoms with Crippen molar-refractivity contribution in [2.24, 2.45) is 0 Å². The molecule has 2 aromatic heterocycles. The van der Waals surface area contributed by atoms with Gasteiger partial charge in [-0.1, -0.05) is 30.3 Å². The van der Waals surface area contributed by atoms with Crippen LogP contribution in [0, 0.1) is 0 Å². The number of aromatic nitrogens is 5. The number of hydrogen-bond acceptors (Lipinski definition) is 7. The summed E-state index contributed by atoms with van der Waals surface area (Å²) in [4.78, 5) is 6.80. The first kappa shape index (κ1) is 22.7. The van der Waals surface area contributed by atoms with Gasteiger partial charge in [0.1, 0.15) is 0 Å². The van der Waals surface area contributed by atoms with E-state index < -0.39 is 0 Å². The van der Waals surface area contributed by atoms with Crippen LogP contribution in [0.15, 0.2) is 48.5 Å². The lowest BCUT2D eigenvalue weighted by molar-refractivity contribution is 0.269. The minimum absolute atomic E-state index is 0.282. The summed E-state index contributed by atoms with van der Waals surface area (Å²) < 4.78 is 1.57. The summed E-state index contributed by atoms with van der Waals surface area (Å²) in [6.07, 6.45) is 7.61. The van der Waals surface area contributed by atoms with E-state index in [0.29, 0.717) is 17.8 Å². The second kappa shape index (κ2) is 9.35. The van der Waals surface area contributed by atoms with Crippen molar-refractivity contribution in [3.63, 3.8) is 0 Å². The number of anilines is 3. The van der Waals surface area contributed by atoms with Crippen LogP contribution in [0.3, 0.4) is 0 Å². The first-order valence-corrected chi connectivity index (χ1v) is 12.8.